The van der Waals surface area contributed by atoms with E-state index in [1.165, 1.54) is 11.0 Å². The summed E-state index contributed by atoms with van der Waals surface area (Å²) in [4.78, 5) is 0. The van der Waals surface area contributed by atoms with Crippen LogP contribution in [0.5, 0.6) is 0 Å². The third-order valence-corrected chi connectivity index (χ3v) is 2.48. The lowest BCUT2D eigenvalue weighted by Gasteiger charge is -2.21. The zero-order valence-corrected chi connectivity index (χ0v) is 8.91. The normalized spacial score (nSPS) is 14.7. The van der Waals surface area contributed by atoms with Crippen molar-refractivity contribution < 1.29 is 5.11 Å². The van der Waals surface area contributed by atoms with E-state index in [9.17, 15) is 5.11 Å². The average molecular weight is 219 g/mol. The van der Waals surface area contributed by atoms with Gasteiger partial charge in [0, 0.05) is 6.54 Å². The van der Waals surface area contributed by atoms with Crippen LogP contribution in [0, 0.1) is 0 Å². The molecule has 6 heteroatoms. The van der Waals surface area contributed by atoms with Crippen LogP contribution in [0.4, 0.5) is 0 Å². The van der Waals surface area contributed by atoms with E-state index < -0.39 is 5.60 Å². The van der Waals surface area contributed by atoms with Gasteiger partial charge in [0.15, 0.2) is 0 Å². The summed E-state index contributed by atoms with van der Waals surface area (Å²) >= 11 is 0. The second-order valence-electron chi connectivity index (χ2n) is 3.78. The van der Waals surface area contributed by atoms with Crippen molar-refractivity contribution in [1.29, 1.82) is 0 Å². The molecule has 2 rings (SSSR count). The van der Waals surface area contributed by atoms with Gasteiger partial charge in [0.1, 0.15) is 6.33 Å². The van der Waals surface area contributed by atoms with Crippen LogP contribution in [0.3, 0.4) is 0 Å². The van der Waals surface area contributed by atoms with Crippen LogP contribution in [-0.4, -0.2) is 31.9 Å². The smallest absolute Gasteiger partial charge is 0.143 e. The molecule has 2 aromatic rings. The molecule has 84 valence electrons. The lowest BCUT2D eigenvalue weighted by atomic mass is 9.96. The van der Waals surface area contributed by atoms with Crippen LogP contribution in [0.2, 0.25) is 0 Å². The maximum atomic E-state index is 10.0. The summed E-state index contributed by atoms with van der Waals surface area (Å²) in [5.41, 5.74) is 6.00. The van der Waals surface area contributed by atoms with Crippen molar-refractivity contribution in [2.75, 3.05) is 6.54 Å². The van der Waals surface area contributed by atoms with Crippen molar-refractivity contribution in [3.63, 3.8) is 0 Å². The Morgan fingerprint density at radius 1 is 1.50 bits per heavy atom. The molecule has 0 amide bonds. The zero-order valence-electron chi connectivity index (χ0n) is 8.91. The van der Waals surface area contributed by atoms with Crippen LogP contribution in [-0.2, 0) is 5.60 Å². The first-order valence-electron chi connectivity index (χ1n) is 4.90. The summed E-state index contributed by atoms with van der Waals surface area (Å²) in [6.07, 6.45) is 1.50. The van der Waals surface area contributed by atoms with Gasteiger partial charge in [0.25, 0.3) is 0 Å². The molecule has 1 unspecified atom stereocenters. The molecule has 3 N–H and O–H groups in total. The van der Waals surface area contributed by atoms with E-state index in [1.807, 2.05) is 24.3 Å². The van der Waals surface area contributed by atoms with E-state index in [4.69, 9.17) is 5.73 Å². The molecule has 16 heavy (non-hydrogen) atoms. The largest absolute Gasteiger partial charge is 0.384 e. The van der Waals surface area contributed by atoms with Gasteiger partial charge in [-0.05, 0) is 35.0 Å². The lowest BCUT2D eigenvalue weighted by molar-refractivity contribution is 0.0668. The number of hydrogen-bond donors (Lipinski definition) is 2. The van der Waals surface area contributed by atoms with Crippen LogP contribution in [0.15, 0.2) is 30.6 Å². The molecule has 0 saturated carbocycles. The highest BCUT2D eigenvalue weighted by Gasteiger charge is 2.21. The van der Waals surface area contributed by atoms with Crippen LogP contribution < -0.4 is 5.73 Å². The van der Waals surface area contributed by atoms with Gasteiger partial charge in [-0.15, -0.1) is 5.10 Å². The minimum Gasteiger partial charge on any atom is -0.384 e. The van der Waals surface area contributed by atoms with Crippen LogP contribution in [0.25, 0.3) is 5.69 Å². The Morgan fingerprint density at radius 2 is 2.31 bits per heavy atom. The van der Waals surface area contributed by atoms with Gasteiger partial charge >= 0.3 is 0 Å². The molecular formula is C10H13N5O. The number of tetrazole rings is 1. The lowest BCUT2D eigenvalue weighted by Crippen LogP contribution is -2.31. The van der Waals surface area contributed by atoms with Crippen molar-refractivity contribution in [3.8, 4) is 5.69 Å². The Bertz CT molecular complexity index is 466. The molecule has 0 saturated heterocycles. The van der Waals surface area contributed by atoms with Crippen LogP contribution in [0.1, 0.15) is 12.5 Å². The number of aromatic nitrogens is 4. The van der Waals surface area contributed by atoms with Crippen molar-refractivity contribution >= 4 is 0 Å². The first kappa shape index (κ1) is 10.7. The molecule has 0 fully saturated rings. The van der Waals surface area contributed by atoms with Crippen molar-refractivity contribution in [1.82, 2.24) is 20.2 Å². The fourth-order valence-electron chi connectivity index (χ4n) is 1.38. The Labute approximate surface area is 92.7 Å². The van der Waals surface area contributed by atoms with Crippen molar-refractivity contribution in [3.05, 3.63) is 36.2 Å². The molecule has 0 bridgehead atoms. The summed E-state index contributed by atoms with van der Waals surface area (Å²) in [7, 11) is 0. The fourth-order valence-corrected chi connectivity index (χ4v) is 1.38. The van der Waals surface area contributed by atoms with Gasteiger partial charge in [-0.2, -0.15) is 0 Å². The third kappa shape index (κ3) is 1.93. The molecule has 0 spiro atoms. The van der Waals surface area contributed by atoms with E-state index in [1.54, 1.807) is 6.92 Å². The number of rotatable bonds is 3. The van der Waals surface area contributed by atoms with Gasteiger partial charge in [-0.1, -0.05) is 12.1 Å². The molecule has 6 nitrogen and oxygen atoms in total. The topological polar surface area (TPSA) is 89.8 Å². The van der Waals surface area contributed by atoms with E-state index in [0.29, 0.717) is 0 Å². The first-order chi connectivity index (χ1) is 7.63. The highest BCUT2D eigenvalue weighted by atomic mass is 16.3. The predicted octanol–water partition coefficient (Wildman–Crippen LogP) is -0.172. The highest BCUT2D eigenvalue weighted by molar-refractivity contribution is 5.37. The standard InChI is InChI=1S/C10H13N5O/c1-10(16,6-11)8-3-2-4-9(5-8)15-7-12-13-14-15/h2-5,7,16H,6,11H2,1H3. The third-order valence-electron chi connectivity index (χ3n) is 2.48. The molecule has 1 heterocycles. The number of hydrogen-bond acceptors (Lipinski definition) is 5. The van der Waals surface area contributed by atoms with Crippen LogP contribution >= 0.6 is 0 Å². The Morgan fingerprint density at radius 3 is 2.94 bits per heavy atom. The molecule has 0 aliphatic carbocycles. The zero-order chi connectivity index (χ0) is 11.6. The highest BCUT2D eigenvalue weighted by Crippen LogP contribution is 2.21. The molecule has 0 aliphatic rings. The average Bonchev–Trinajstić information content (AvgIpc) is 2.83. The summed E-state index contributed by atoms with van der Waals surface area (Å²) in [6.45, 7) is 1.83. The molecule has 0 aliphatic heterocycles. The second-order valence-corrected chi connectivity index (χ2v) is 3.78. The maximum absolute atomic E-state index is 10.0. The Kier molecular flexibility index (Phi) is 2.67. The predicted molar refractivity (Wildman–Crippen MR) is 57.8 cm³/mol. The molecule has 0 radical (unpaired) electrons. The summed E-state index contributed by atoms with van der Waals surface area (Å²) in [5, 5.41) is 20.9. The number of aliphatic hydroxyl groups is 1. The Hall–Kier alpha value is -1.79. The van der Waals surface area contributed by atoms with Gasteiger partial charge < -0.3 is 10.8 Å². The first-order valence-corrected chi connectivity index (χ1v) is 4.90. The maximum Gasteiger partial charge on any atom is 0.143 e. The van der Waals surface area contributed by atoms with Crippen molar-refractivity contribution in [2.45, 2.75) is 12.5 Å². The van der Waals surface area contributed by atoms with E-state index >= 15 is 0 Å². The summed E-state index contributed by atoms with van der Waals surface area (Å²) in [6, 6.07) is 7.31. The molecule has 1 aromatic heterocycles. The van der Waals surface area contributed by atoms with E-state index in [0.717, 1.165) is 11.3 Å². The van der Waals surface area contributed by atoms with Crippen molar-refractivity contribution in [2.24, 2.45) is 5.73 Å². The van der Waals surface area contributed by atoms with Gasteiger partial charge in [-0.3, -0.25) is 0 Å². The van der Waals surface area contributed by atoms with Gasteiger partial charge in [0.2, 0.25) is 0 Å². The fraction of sp³-hybridized carbons (Fsp3) is 0.300. The van der Waals surface area contributed by atoms with E-state index in [2.05, 4.69) is 15.5 Å². The second kappa shape index (κ2) is 3.99. The summed E-state index contributed by atoms with van der Waals surface area (Å²) < 4.78 is 1.52. The minimum atomic E-state index is -1.04. The number of nitrogens with two attached hydrogens (primary N) is 1. The number of nitrogens with zero attached hydrogens (tertiary/aromatic N) is 4. The molecule has 1 atom stereocenters. The van der Waals surface area contributed by atoms with Gasteiger partial charge in [-0.25, -0.2) is 4.68 Å². The summed E-state index contributed by atoms with van der Waals surface area (Å²) in [5.74, 6) is 0. The quantitative estimate of drug-likeness (QED) is 0.748. The van der Waals surface area contributed by atoms with Gasteiger partial charge in [0.05, 0.1) is 11.3 Å². The Balaban J connectivity index is 2.41. The minimum absolute atomic E-state index is 0.159. The molecule has 1 aromatic carbocycles. The molecular weight excluding hydrogens is 206 g/mol. The van der Waals surface area contributed by atoms with E-state index in [-0.39, 0.29) is 6.54 Å². The monoisotopic (exact) mass is 219 g/mol. The number of benzene rings is 1. The SMILES string of the molecule is CC(O)(CN)c1cccc(-n2cnnn2)c1.